The van der Waals surface area contributed by atoms with Crippen LogP contribution in [0.1, 0.15) is 32.1 Å². The van der Waals surface area contributed by atoms with Crippen molar-refractivity contribution in [2.75, 3.05) is 23.9 Å². The highest BCUT2D eigenvalue weighted by molar-refractivity contribution is 7.98. The van der Waals surface area contributed by atoms with Crippen molar-refractivity contribution in [2.24, 2.45) is 5.92 Å². The summed E-state index contributed by atoms with van der Waals surface area (Å²) in [4.78, 5) is 12.3. The zero-order valence-electron chi connectivity index (χ0n) is 11.9. The van der Waals surface area contributed by atoms with E-state index in [1.165, 1.54) is 31.4 Å². The molecule has 0 radical (unpaired) electrons. The van der Waals surface area contributed by atoms with Crippen molar-refractivity contribution in [3.05, 3.63) is 21.6 Å². The minimum Gasteiger partial charge on any atom is -0.379 e. The highest BCUT2D eigenvalue weighted by Crippen LogP contribution is 2.30. The van der Waals surface area contributed by atoms with Gasteiger partial charge in [0, 0.05) is 13.1 Å². The van der Waals surface area contributed by atoms with Gasteiger partial charge >= 0.3 is 0 Å². The number of hydrogen-bond donors (Lipinski definition) is 1. The average Bonchev–Trinajstić information content (AvgIpc) is 3.24. The SMILES string of the molecule is CSCCCCCNc1c(Cl)cnn(CC2CC2)c1=O. The second-order valence-corrected chi connectivity index (χ2v) is 6.67. The molecule has 1 N–H and O–H groups in total. The van der Waals surface area contributed by atoms with E-state index in [0.29, 0.717) is 16.6 Å². The number of halogens is 1. The van der Waals surface area contributed by atoms with Gasteiger partial charge in [-0.05, 0) is 43.6 Å². The lowest BCUT2D eigenvalue weighted by Gasteiger charge is -2.10. The molecule has 0 unspecified atom stereocenters. The summed E-state index contributed by atoms with van der Waals surface area (Å²) >= 11 is 7.95. The molecule has 1 aliphatic rings. The summed E-state index contributed by atoms with van der Waals surface area (Å²) in [5, 5.41) is 7.72. The van der Waals surface area contributed by atoms with E-state index >= 15 is 0 Å². The average molecular weight is 316 g/mol. The summed E-state index contributed by atoms with van der Waals surface area (Å²) in [6.45, 7) is 1.51. The molecular weight excluding hydrogens is 294 g/mol. The molecule has 6 heteroatoms. The van der Waals surface area contributed by atoms with Gasteiger partial charge in [0.25, 0.3) is 5.56 Å². The van der Waals surface area contributed by atoms with E-state index in [0.717, 1.165) is 19.5 Å². The van der Waals surface area contributed by atoms with Crippen LogP contribution >= 0.6 is 23.4 Å². The van der Waals surface area contributed by atoms with Crippen LogP contribution in [0.15, 0.2) is 11.0 Å². The van der Waals surface area contributed by atoms with E-state index in [9.17, 15) is 4.79 Å². The summed E-state index contributed by atoms with van der Waals surface area (Å²) in [6, 6.07) is 0. The van der Waals surface area contributed by atoms with E-state index in [1.807, 2.05) is 11.8 Å². The Morgan fingerprint density at radius 3 is 2.95 bits per heavy atom. The van der Waals surface area contributed by atoms with Crippen molar-refractivity contribution < 1.29 is 0 Å². The molecular formula is C14H22ClN3OS. The lowest BCUT2D eigenvalue weighted by molar-refractivity contribution is 0.534. The number of unbranched alkanes of at least 4 members (excludes halogenated alkanes) is 2. The largest absolute Gasteiger partial charge is 0.379 e. The van der Waals surface area contributed by atoms with Gasteiger partial charge in [0.05, 0.1) is 11.2 Å². The molecule has 0 spiro atoms. The lowest BCUT2D eigenvalue weighted by Crippen LogP contribution is -2.27. The fraction of sp³-hybridized carbons (Fsp3) is 0.714. The third-order valence-corrected chi connectivity index (χ3v) is 4.44. The molecule has 1 aromatic rings. The number of rotatable bonds is 9. The van der Waals surface area contributed by atoms with E-state index in [2.05, 4.69) is 16.7 Å². The van der Waals surface area contributed by atoms with Gasteiger partial charge in [-0.2, -0.15) is 16.9 Å². The molecule has 0 saturated heterocycles. The second kappa shape index (κ2) is 7.93. The number of thioether (sulfide) groups is 1. The standard InChI is InChI=1S/C14H22ClN3OS/c1-20-8-4-2-3-7-16-13-12(15)9-17-18(14(13)19)10-11-5-6-11/h9,11,16H,2-8,10H2,1H3. The van der Waals surface area contributed by atoms with Crippen molar-refractivity contribution in [3.8, 4) is 0 Å². The lowest BCUT2D eigenvalue weighted by atomic mass is 10.2. The van der Waals surface area contributed by atoms with Crippen LogP contribution in [0.4, 0.5) is 5.69 Å². The summed E-state index contributed by atoms with van der Waals surface area (Å²) in [5.41, 5.74) is 0.417. The first-order chi connectivity index (χ1) is 9.72. The Morgan fingerprint density at radius 2 is 2.25 bits per heavy atom. The van der Waals surface area contributed by atoms with Gasteiger partial charge in [0.1, 0.15) is 5.69 Å². The molecule has 0 aromatic carbocycles. The van der Waals surface area contributed by atoms with Crippen LogP contribution in [0.5, 0.6) is 0 Å². The summed E-state index contributed by atoms with van der Waals surface area (Å²) in [6.07, 6.45) is 9.55. The molecule has 1 aromatic heterocycles. The molecule has 0 bridgehead atoms. The van der Waals surface area contributed by atoms with Crippen molar-refractivity contribution in [1.29, 1.82) is 0 Å². The number of nitrogens with one attached hydrogen (secondary N) is 1. The van der Waals surface area contributed by atoms with Gasteiger partial charge < -0.3 is 5.32 Å². The zero-order chi connectivity index (χ0) is 14.4. The minimum atomic E-state index is -0.0893. The topological polar surface area (TPSA) is 46.9 Å². The van der Waals surface area contributed by atoms with Crippen LogP contribution in [0, 0.1) is 5.92 Å². The Morgan fingerprint density at radius 1 is 1.45 bits per heavy atom. The molecule has 20 heavy (non-hydrogen) atoms. The Kier molecular flexibility index (Phi) is 6.23. The Labute approximate surface area is 129 Å². The van der Waals surface area contributed by atoms with Crippen LogP contribution in [0.25, 0.3) is 0 Å². The van der Waals surface area contributed by atoms with Crippen molar-refractivity contribution in [3.63, 3.8) is 0 Å². The molecule has 0 amide bonds. The summed E-state index contributed by atoms with van der Waals surface area (Å²) in [7, 11) is 0. The Hall–Kier alpha value is -0.680. The maximum atomic E-state index is 12.3. The van der Waals surface area contributed by atoms with Gasteiger partial charge in [-0.1, -0.05) is 18.0 Å². The second-order valence-electron chi connectivity index (χ2n) is 5.28. The van der Waals surface area contributed by atoms with Gasteiger partial charge in [-0.25, -0.2) is 4.68 Å². The van der Waals surface area contributed by atoms with Gasteiger partial charge in [0.15, 0.2) is 0 Å². The van der Waals surface area contributed by atoms with Crippen LogP contribution in [-0.2, 0) is 6.54 Å². The van der Waals surface area contributed by atoms with Crippen molar-refractivity contribution >= 4 is 29.1 Å². The maximum absolute atomic E-state index is 12.3. The smallest absolute Gasteiger partial charge is 0.291 e. The van der Waals surface area contributed by atoms with E-state index in [4.69, 9.17) is 11.6 Å². The van der Waals surface area contributed by atoms with E-state index in [-0.39, 0.29) is 5.56 Å². The number of anilines is 1. The first kappa shape index (κ1) is 15.7. The van der Waals surface area contributed by atoms with Crippen LogP contribution < -0.4 is 10.9 Å². The van der Waals surface area contributed by atoms with E-state index in [1.54, 1.807) is 10.9 Å². The maximum Gasteiger partial charge on any atom is 0.291 e. The molecule has 112 valence electrons. The van der Waals surface area contributed by atoms with Crippen LogP contribution in [0.2, 0.25) is 5.02 Å². The van der Waals surface area contributed by atoms with Crippen LogP contribution in [-0.4, -0.2) is 28.3 Å². The number of nitrogens with zero attached hydrogens (tertiary/aromatic N) is 2. The van der Waals surface area contributed by atoms with E-state index < -0.39 is 0 Å². The molecule has 2 rings (SSSR count). The molecule has 4 nitrogen and oxygen atoms in total. The predicted molar refractivity (Wildman–Crippen MR) is 87.0 cm³/mol. The first-order valence-electron chi connectivity index (χ1n) is 7.21. The molecule has 1 fully saturated rings. The van der Waals surface area contributed by atoms with Crippen LogP contribution in [0.3, 0.4) is 0 Å². The van der Waals surface area contributed by atoms with Gasteiger partial charge in [-0.15, -0.1) is 0 Å². The normalized spacial score (nSPS) is 14.5. The zero-order valence-corrected chi connectivity index (χ0v) is 13.5. The summed E-state index contributed by atoms with van der Waals surface area (Å²) in [5.74, 6) is 1.82. The molecule has 0 aliphatic heterocycles. The van der Waals surface area contributed by atoms with Crippen molar-refractivity contribution in [2.45, 2.75) is 38.6 Å². The molecule has 1 aliphatic carbocycles. The monoisotopic (exact) mass is 315 g/mol. The van der Waals surface area contributed by atoms with Gasteiger partial charge in [0.2, 0.25) is 0 Å². The third-order valence-electron chi connectivity index (χ3n) is 3.45. The fourth-order valence-electron chi connectivity index (χ4n) is 2.07. The Balaban J connectivity index is 1.87. The highest BCUT2D eigenvalue weighted by atomic mass is 35.5. The predicted octanol–water partition coefficient (Wildman–Crippen LogP) is 3.25. The number of aromatic nitrogens is 2. The Bertz CT molecular complexity index is 488. The quantitative estimate of drug-likeness (QED) is 0.711. The highest BCUT2D eigenvalue weighted by Gasteiger charge is 2.23. The molecule has 0 atom stereocenters. The molecule has 1 saturated carbocycles. The minimum absolute atomic E-state index is 0.0893. The first-order valence-corrected chi connectivity index (χ1v) is 8.98. The third kappa shape index (κ3) is 4.70. The molecule has 1 heterocycles. The number of hydrogen-bond acceptors (Lipinski definition) is 4. The van der Waals surface area contributed by atoms with Crippen molar-refractivity contribution in [1.82, 2.24) is 9.78 Å². The fourth-order valence-corrected chi connectivity index (χ4v) is 2.75. The summed E-state index contributed by atoms with van der Waals surface area (Å²) < 4.78 is 1.54. The van der Waals surface area contributed by atoms with Gasteiger partial charge in [-0.3, -0.25) is 4.79 Å².